The smallest absolute Gasteiger partial charge is 0.287 e. The van der Waals surface area contributed by atoms with E-state index in [0.29, 0.717) is 24.6 Å². The number of hydrogen-bond donors (Lipinski definition) is 1. The number of halogens is 1. The van der Waals surface area contributed by atoms with Crippen molar-refractivity contribution in [1.82, 2.24) is 10.2 Å². The van der Waals surface area contributed by atoms with Gasteiger partial charge in [-0.3, -0.25) is 9.59 Å². The Kier molecular flexibility index (Phi) is 6.40. The number of carbonyl (C=O) groups excluding carboxylic acids is 2. The minimum Gasteiger partial charge on any atom is -0.486 e. The molecule has 1 N–H and O–H groups in total. The molecule has 7 heteroatoms. The van der Waals surface area contributed by atoms with Crippen LogP contribution in [0.1, 0.15) is 51.9 Å². The zero-order valence-electron chi connectivity index (χ0n) is 19.3. The quantitative estimate of drug-likeness (QED) is 0.476. The number of fused-ring (bicyclic) bond motifs is 1. The zero-order chi connectivity index (χ0) is 24.4. The summed E-state index contributed by atoms with van der Waals surface area (Å²) in [6.45, 7) is 4.67. The lowest BCUT2D eigenvalue weighted by atomic mass is 9.87. The molecule has 0 unspecified atom stereocenters. The molecule has 1 atom stereocenters. The van der Waals surface area contributed by atoms with Gasteiger partial charge in [0.25, 0.3) is 5.91 Å². The summed E-state index contributed by atoms with van der Waals surface area (Å²) in [4.78, 5) is 27.0. The molecule has 0 bridgehead atoms. The lowest BCUT2D eigenvalue weighted by molar-refractivity contribution is -0.134. The van der Waals surface area contributed by atoms with E-state index >= 15 is 0 Å². The number of amides is 2. The van der Waals surface area contributed by atoms with E-state index in [1.807, 2.05) is 29.2 Å². The van der Waals surface area contributed by atoms with Gasteiger partial charge in [0.1, 0.15) is 23.9 Å². The van der Waals surface area contributed by atoms with Crippen LogP contribution < -0.4 is 10.1 Å². The first kappa shape index (κ1) is 22.9. The predicted molar refractivity (Wildman–Crippen MR) is 128 cm³/mol. The lowest BCUT2D eigenvalue weighted by Gasteiger charge is -2.38. The number of carbonyl (C=O) groups is 2. The Morgan fingerprint density at radius 2 is 2.03 bits per heavy atom. The third-order valence-corrected chi connectivity index (χ3v) is 6.39. The molecule has 1 fully saturated rings. The molecule has 5 rings (SSSR count). The molecule has 1 aromatic heterocycles. The van der Waals surface area contributed by atoms with Crippen LogP contribution >= 0.6 is 0 Å². The molecule has 2 aromatic carbocycles. The number of benzene rings is 2. The summed E-state index contributed by atoms with van der Waals surface area (Å²) < 4.78 is 25.7. The molecule has 2 heterocycles. The molecule has 0 spiro atoms. The van der Waals surface area contributed by atoms with Gasteiger partial charge in [-0.2, -0.15) is 0 Å². The summed E-state index contributed by atoms with van der Waals surface area (Å²) in [6, 6.07) is 15.2. The highest BCUT2D eigenvalue weighted by molar-refractivity contribution is 5.91. The summed E-state index contributed by atoms with van der Waals surface area (Å²) in [6.07, 6.45) is 4.16. The molecule has 0 saturated heterocycles. The van der Waals surface area contributed by atoms with Crippen LogP contribution in [0.2, 0.25) is 0 Å². The van der Waals surface area contributed by atoms with Crippen LogP contribution in [-0.2, 0) is 17.8 Å². The summed E-state index contributed by atoms with van der Waals surface area (Å²) in [5.74, 6) is 0.891. The second kappa shape index (κ2) is 9.78. The number of nitrogens with one attached hydrogen (secondary N) is 1. The molecule has 0 radical (unpaired) electrons. The Bertz CT molecular complexity index is 1260. The molecule has 2 aliphatic rings. The Hall–Kier alpha value is -3.87. The fourth-order valence-electron chi connectivity index (χ4n) is 4.51. The van der Waals surface area contributed by atoms with Crippen molar-refractivity contribution >= 4 is 11.8 Å². The van der Waals surface area contributed by atoms with Crippen molar-refractivity contribution in [2.24, 2.45) is 5.92 Å². The third kappa shape index (κ3) is 4.99. The molecule has 1 aliphatic heterocycles. The second-order valence-electron chi connectivity index (χ2n) is 8.93. The van der Waals surface area contributed by atoms with Crippen molar-refractivity contribution in [3.8, 4) is 5.75 Å². The number of furan rings is 1. The maximum absolute atomic E-state index is 14.1. The van der Waals surface area contributed by atoms with Crippen LogP contribution in [-0.4, -0.2) is 29.8 Å². The van der Waals surface area contributed by atoms with Gasteiger partial charge in [-0.05, 0) is 72.4 Å². The van der Waals surface area contributed by atoms with Crippen molar-refractivity contribution in [3.05, 3.63) is 101 Å². The van der Waals surface area contributed by atoms with Crippen LogP contribution in [0.4, 0.5) is 4.39 Å². The minimum atomic E-state index is -0.366. The Morgan fingerprint density at radius 3 is 2.80 bits per heavy atom. The van der Waals surface area contributed by atoms with Crippen molar-refractivity contribution in [3.63, 3.8) is 0 Å². The highest BCUT2D eigenvalue weighted by atomic mass is 19.1. The Labute approximate surface area is 203 Å². The van der Waals surface area contributed by atoms with Gasteiger partial charge in [-0.1, -0.05) is 24.3 Å². The largest absolute Gasteiger partial charge is 0.486 e. The molecule has 35 heavy (non-hydrogen) atoms. The summed E-state index contributed by atoms with van der Waals surface area (Å²) >= 11 is 0. The van der Waals surface area contributed by atoms with Crippen molar-refractivity contribution in [2.75, 3.05) is 13.1 Å². The van der Waals surface area contributed by atoms with Crippen LogP contribution in [0.5, 0.6) is 5.75 Å². The van der Waals surface area contributed by atoms with Crippen molar-refractivity contribution in [1.29, 1.82) is 0 Å². The van der Waals surface area contributed by atoms with E-state index in [0.717, 1.165) is 36.0 Å². The van der Waals surface area contributed by atoms with Crippen LogP contribution in [0.25, 0.3) is 0 Å². The van der Waals surface area contributed by atoms with E-state index in [2.05, 4.69) is 11.9 Å². The number of ether oxygens (including phenoxy) is 1. The summed E-state index contributed by atoms with van der Waals surface area (Å²) in [5, 5.41) is 2.67. The molecular weight excluding hydrogens is 447 g/mol. The summed E-state index contributed by atoms with van der Waals surface area (Å²) in [5.41, 5.74) is 2.81. The highest BCUT2D eigenvalue weighted by Crippen LogP contribution is 2.41. The average molecular weight is 475 g/mol. The molecular formula is C28H27FN2O4. The van der Waals surface area contributed by atoms with Gasteiger partial charge in [-0.15, -0.1) is 6.58 Å². The van der Waals surface area contributed by atoms with Gasteiger partial charge < -0.3 is 19.4 Å². The minimum absolute atomic E-state index is 0.0730. The maximum atomic E-state index is 14.1. The van der Waals surface area contributed by atoms with Crippen LogP contribution in [0, 0.1) is 11.7 Å². The standard InChI is InChI=1S/C28H27FN2O4/c1-2-13-30-27(32)25-11-10-23(35-25)17-34-22-9-8-18-12-14-31(28(33)19-6-7-19)26(24(18)16-22)20-4-3-5-21(29)15-20/h2-5,8-11,15-16,19,26H,1,6-7,12-14,17H2,(H,30,32)/t26-/m1/s1. The summed E-state index contributed by atoms with van der Waals surface area (Å²) in [7, 11) is 0. The van der Waals surface area contributed by atoms with Crippen molar-refractivity contribution < 1.29 is 23.1 Å². The van der Waals surface area contributed by atoms with Gasteiger partial charge in [0, 0.05) is 19.0 Å². The Balaban J connectivity index is 1.38. The van der Waals surface area contributed by atoms with E-state index in [-0.39, 0.29) is 42.0 Å². The van der Waals surface area contributed by atoms with E-state index in [1.165, 1.54) is 12.1 Å². The van der Waals surface area contributed by atoms with Gasteiger partial charge in [-0.25, -0.2) is 4.39 Å². The topological polar surface area (TPSA) is 71.8 Å². The molecule has 2 amide bonds. The van der Waals surface area contributed by atoms with E-state index in [1.54, 1.807) is 24.3 Å². The molecule has 180 valence electrons. The highest BCUT2D eigenvalue weighted by Gasteiger charge is 2.39. The average Bonchev–Trinajstić information content (AvgIpc) is 3.62. The maximum Gasteiger partial charge on any atom is 0.287 e. The number of rotatable bonds is 8. The first-order valence-electron chi connectivity index (χ1n) is 11.8. The molecule has 1 saturated carbocycles. The van der Waals surface area contributed by atoms with E-state index in [9.17, 15) is 14.0 Å². The third-order valence-electron chi connectivity index (χ3n) is 6.39. The van der Waals surface area contributed by atoms with E-state index in [4.69, 9.17) is 9.15 Å². The van der Waals surface area contributed by atoms with Crippen molar-refractivity contribution in [2.45, 2.75) is 31.9 Å². The van der Waals surface area contributed by atoms with Crippen LogP contribution in [0.15, 0.2) is 71.7 Å². The van der Waals surface area contributed by atoms with E-state index < -0.39 is 0 Å². The molecule has 6 nitrogen and oxygen atoms in total. The monoisotopic (exact) mass is 474 g/mol. The fraction of sp³-hybridized carbons (Fsp3) is 0.286. The van der Waals surface area contributed by atoms with Gasteiger partial charge in [0.15, 0.2) is 5.76 Å². The Morgan fingerprint density at radius 1 is 1.17 bits per heavy atom. The van der Waals surface area contributed by atoms with Crippen LogP contribution in [0.3, 0.4) is 0 Å². The van der Waals surface area contributed by atoms with Gasteiger partial charge in [0.2, 0.25) is 5.91 Å². The predicted octanol–water partition coefficient (Wildman–Crippen LogP) is 4.80. The molecule has 1 aliphatic carbocycles. The number of nitrogens with zero attached hydrogens (tertiary/aromatic N) is 1. The first-order chi connectivity index (χ1) is 17.0. The molecule has 3 aromatic rings. The SMILES string of the molecule is C=CCNC(=O)c1ccc(COc2ccc3c(c2)[C@@H](c2cccc(F)c2)N(C(=O)C2CC2)CC3)o1. The second-order valence-corrected chi connectivity index (χ2v) is 8.93. The van der Waals surface area contributed by atoms with Gasteiger partial charge >= 0.3 is 0 Å². The van der Waals surface area contributed by atoms with Gasteiger partial charge in [0.05, 0.1) is 6.04 Å². The fourth-order valence-corrected chi connectivity index (χ4v) is 4.51. The first-order valence-corrected chi connectivity index (χ1v) is 11.8. The zero-order valence-corrected chi connectivity index (χ0v) is 19.3. The normalized spacial score (nSPS) is 16.9. The number of hydrogen-bond acceptors (Lipinski definition) is 4. The lowest BCUT2D eigenvalue weighted by Crippen LogP contribution is -2.41.